The van der Waals surface area contributed by atoms with Crippen LogP contribution in [-0.4, -0.2) is 30.3 Å². The molecule has 0 spiro atoms. The monoisotopic (exact) mass is 497 g/mol. The molecule has 142 valence electrons. The Morgan fingerprint density at radius 2 is 1.96 bits per heavy atom. The summed E-state index contributed by atoms with van der Waals surface area (Å²) in [5.41, 5.74) is 4.48. The van der Waals surface area contributed by atoms with Crippen LogP contribution in [0.25, 0.3) is 0 Å². The molecule has 0 aliphatic carbocycles. The van der Waals surface area contributed by atoms with Crippen LogP contribution in [0.15, 0.2) is 38.3 Å². The summed E-state index contributed by atoms with van der Waals surface area (Å²) in [6.07, 6.45) is 3.55. The largest absolute Gasteiger partial charge is 0.506 e. The predicted octanol–water partition coefficient (Wildman–Crippen LogP) is 4.73. The van der Waals surface area contributed by atoms with Gasteiger partial charge in [0.05, 0.1) is 21.9 Å². The molecule has 2 aromatic rings. The quantitative estimate of drug-likeness (QED) is 0.473. The van der Waals surface area contributed by atoms with E-state index in [1.54, 1.807) is 12.1 Å². The Labute approximate surface area is 173 Å². The molecule has 0 unspecified atom stereocenters. The number of nitrogens with one attached hydrogen (secondary N) is 1. The molecule has 1 heterocycles. The van der Waals surface area contributed by atoms with E-state index in [1.807, 2.05) is 11.8 Å². The van der Waals surface area contributed by atoms with Crippen molar-refractivity contribution < 1.29 is 14.3 Å². The summed E-state index contributed by atoms with van der Waals surface area (Å²) < 4.78 is 15.5. The summed E-state index contributed by atoms with van der Waals surface area (Å²) in [4.78, 5) is 14.3. The normalized spacial score (nSPS) is 14.1. The summed E-state index contributed by atoms with van der Waals surface area (Å²) in [6.45, 7) is 3.61. The van der Waals surface area contributed by atoms with Gasteiger partial charge in [-0.3, -0.25) is 4.79 Å². The average molecular weight is 499 g/mol. The van der Waals surface area contributed by atoms with Crippen molar-refractivity contribution in [2.24, 2.45) is 5.10 Å². The van der Waals surface area contributed by atoms with Crippen LogP contribution in [0, 0.1) is 12.7 Å². The van der Waals surface area contributed by atoms with E-state index in [0.29, 0.717) is 20.2 Å². The van der Waals surface area contributed by atoms with Crippen molar-refractivity contribution in [3.63, 3.8) is 0 Å². The van der Waals surface area contributed by atoms with Crippen LogP contribution < -0.4 is 10.3 Å². The Hall–Kier alpha value is -1.93. The number of anilines is 1. The maximum atomic E-state index is 14.4. The van der Waals surface area contributed by atoms with E-state index in [0.717, 1.165) is 31.5 Å². The van der Waals surface area contributed by atoms with Crippen LogP contribution >= 0.6 is 31.9 Å². The zero-order valence-electron chi connectivity index (χ0n) is 14.6. The Morgan fingerprint density at radius 3 is 2.67 bits per heavy atom. The average Bonchev–Trinajstić information content (AvgIpc) is 3.15. The van der Waals surface area contributed by atoms with Gasteiger partial charge in [-0.05, 0) is 65.5 Å². The molecule has 0 saturated carbocycles. The first kappa shape index (κ1) is 19.8. The Morgan fingerprint density at radius 1 is 1.26 bits per heavy atom. The number of phenols is 1. The molecule has 0 aromatic heterocycles. The first-order valence-corrected chi connectivity index (χ1v) is 10.0. The lowest BCUT2D eigenvalue weighted by molar-refractivity contribution is 0.0952. The van der Waals surface area contributed by atoms with Crippen molar-refractivity contribution in [2.45, 2.75) is 19.8 Å². The first-order valence-electron chi connectivity index (χ1n) is 8.43. The molecule has 1 aliphatic rings. The third-order valence-corrected chi connectivity index (χ3v) is 5.49. The van der Waals surface area contributed by atoms with Gasteiger partial charge >= 0.3 is 0 Å². The molecule has 8 heteroatoms. The van der Waals surface area contributed by atoms with Crippen molar-refractivity contribution in [2.75, 3.05) is 18.0 Å². The highest BCUT2D eigenvalue weighted by Gasteiger charge is 2.17. The lowest BCUT2D eigenvalue weighted by atomic mass is 10.1. The molecule has 2 aromatic carbocycles. The Balaban J connectivity index is 1.75. The van der Waals surface area contributed by atoms with E-state index in [4.69, 9.17) is 0 Å². The lowest BCUT2D eigenvalue weighted by Crippen LogP contribution is -2.20. The van der Waals surface area contributed by atoms with Crippen LogP contribution in [-0.2, 0) is 0 Å². The number of aryl methyl sites for hydroxylation is 1. The number of hydrogen-bond donors (Lipinski definition) is 2. The number of carbonyl (C=O) groups is 1. The van der Waals surface area contributed by atoms with Gasteiger partial charge in [-0.25, -0.2) is 9.82 Å². The second-order valence-corrected chi connectivity index (χ2v) is 8.11. The molecule has 3 rings (SSSR count). The van der Waals surface area contributed by atoms with E-state index in [2.05, 4.69) is 42.4 Å². The number of phenolic OH excluding ortho intramolecular Hbond substituents is 1. The second kappa shape index (κ2) is 8.39. The van der Waals surface area contributed by atoms with Crippen LogP contribution in [0.2, 0.25) is 0 Å². The highest BCUT2D eigenvalue weighted by atomic mass is 79.9. The smallest absolute Gasteiger partial charge is 0.275 e. The van der Waals surface area contributed by atoms with Gasteiger partial charge in [-0.2, -0.15) is 5.10 Å². The minimum atomic E-state index is -0.572. The van der Waals surface area contributed by atoms with Crippen LogP contribution in [0.4, 0.5) is 10.1 Å². The van der Waals surface area contributed by atoms with E-state index in [-0.39, 0.29) is 17.1 Å². The zero-order chi connectivity index (χ0) is 19.6. The van der Waals surface area contributed by atoms with E-state index >= 15 is 0 Å². The SMILES string of the molecule is Cc1cc(N2CCCC2)c(F)cc1/C=N\NC(=O)c1cc(Br)cc(Br)c1O. The van der Waals surface area contributed by atoms with Crippen molar-refractivity contribution in [3.8, 4) is 5.75 Å². The lowest BCUT2D eigenvalue weighted by Gasteiger charge is -2.19. The number of halogens is 3. The number of rotatable bonds is 4. The molecule has 1 fully saturated rings. The number of aromatic hydroxyl groups is 1. The van der Waals surface area contributed by atoms with Gasteiger partial charge in [0.25, 0.3) is 5.91 Å². The number of hydrazone groups is 1. The third kappa shape index (κ3) is 4.50. The summed E-state index contributed by atoms with van der Waals surface area (Å²) in [5.74, 6) is -1.05. The molecule has 1 saturated heterocycles. The van der Waals surface area contributed by atoms with Crippen LogP contribution in [0.3, 0.4) is 0 Å². The molecule has 1 amide bonds. The van der Waals surface area contributed by atoms with Gasteiger partial charge in [-0.1, -0.05) is 15.9 Å². The fraction of sp³-hybridized carbons (Fsp3) is 0.263. The van der Waals surface area contributed by atoms with Crippen LogP contribution in [0.1, 0.15) is 34.3 Å². The summed E-state index contributed by atoms with van der Waals surface area (Å²) >= 11 is 6.45. The molecule has 1 aliphatic heterocycles. The number of hydrogen-bond acceptors (Lipinski definition) is 4. The molecular formula is C19H18Br2FN3O2. The second-order valence-electron chi connectivity index (χ2n) is 6.34. The van der Waals surface area contributed by atoms with Gasteiger partial charge in [0.2, 0.25) is 0 Å². The molecule has 0 bridgehead atoms. The zero-order valence-corrected chi connectivity index (χ0v) is 17.8. The van der Waals surface area contributed by atoms with Gasteiger partial charge in [0, 0.05) is 23.1 Å². The van der Waals surface area contributed by atoms with E-state index < -0.39 is 5.91 Å². The van der Waals surface area contributed by atoms with Gasteiger partial charge in [-0.15, -0.1) is 0 Å². The van der Waals surface area contributed by atoms with Crippen molar-refractivity contribution in [1.29, 1.82) is 0 Å². The van der Waals surface area contributed by atoms with Gasteiger partial charge in [0.1, 0.15) is 11.6 Å². The summed E-state index contributed by atoms with van der Waals surface area (Å²) in [7, 11) is 0. The van der Waals surface area contributed by atoms with E-state index in [9.17, 15) is 14.3 Å². The Bertz CT molecular complexity index is 912. The maximum Gasteiger partial charge on any atom is 0.275 e. The van der Waals surface area contributed by atoms with Gasteiger partial charge < -0.3 is 10.0 Å². The molecule has 0 radical (unpaired) electrons. The van der Waals surface area contributed by atoms with Crippen molar-refractivity contribution >= 4 is 49.7 Å². The highest BCUT2D eigenvalue weighted by molar-refractivity contribution is 9.11. The molecule has 5 nitrogen and oxygen atoms in total. The Kier molecular flexibility index (Phi) is 6.16. The number of amides is 1. The standard InChI is InChI=1S/C19H18Br2FN3O2/c1-11-6-17(25-4-2-3-5-25)16(22)7-12(11)10-23-24-19(27)14-8-13(20)9-15(21)18(14)26/h6-10,26H,2-5H2,1H3,(H,24,27)/b23-10-. The number of carbonyl (C=O) groups excluding carboxylic acids is 1. The maximum absolute atomic E-state index is 14.4. The molecule has 0 atom stereocenters. The topological polar surface area (TPSA) is 64.9 Å². The first-order chi connectivity index (χ1) is 12.9. The van der Waals surface area contributed by atoms with Crippen LogP contribution in [0.5, 0.6) is 5.75 Å². The molecule has 27 heavy (non-hydrogen) atoms. The van der Waals surface area contributed by atoms with Crippen molar-refractivity contribution in [1.82, 2.24) is 5.43 Å². The minimum Gasteiger partial charge on any atom is -0.506 e. The highest BCUT2D eigenvalue weighted by Crippen LogP contribution is 2.31. The fourth-order valence-electron chi connectivity index (χ4n) is 2.98. The fourth-order valence-corrected chi connectivity index (χ4v) is 4.21. The number of benzene rings is 2. The van der Waals surface area contributed by atoms with Gasteiger partial charge in [0.15, 0.2) is 0 Å². The molecular weight excluding hydrogens is 481 g/mol. The van der Waals surface area contributed by atoms with E-state index in [1.165, 1.54) is 18.3 Å². The molecule has 2 N–H and O–H groups in total. The minimum absolute atomic E-state index is 0.0701. The number of nitrogens with zero attached hydrogens (tertiary/aromatic N) is 2. The summed E-state index contributed by atoms with van der Waals surface area (Å²) in [6, 6.07) is 6.34. The predicted molar refractivity (Wildman–Crippen MR) is 111 cm³/mol. The van der Waals surface area contributed by atoms with Crippen molar-refractivity contribution in [3.05, 3.63) is 55.7 Å². The third-order valence-electron chi connectivity index (χ3n) is 4.42. The summed E-state index contributed by atoms with van der Waals surface area (Å²) in [5, 5.41) is 13.9.